The molecule has 0 aliphatic rings. The maximum atomic E-state index is 10.6. The minimum Gasteiger partial charge on any atom is -0.464 e. The molecule has 0 aliphatic heterocycles. The fourth-order valence-electron chi connectivity index (χ4n) is 0.276. The highest BCUT2D eigenvalue weighted by atomic mass is 35.5. The smallest absolute Gasteiger partial charge is 0.312 e. The highest BCUT2D eigenvalue weighted by molar-refractivity contribution is 6.18. The zero-order chi connectivity index (χ0) is 7.28. The maximum Gasteiger partial charge on any atom is 0.312 e. The summed E-state index contributed by atoms with van der Waals surface area (Å²) in [6.07, 6.45) is 0. The second-order valence-electron chi connectivity index (χ2n) is 1.82. The Kier molecular flexibility index (Phi) is 4.50. The molecule has 0 bridgehead atoms. The fraction of sp³-hybridized carbons (Fsp3) is 0.667. The van der Waals surface area contributed by atoms with Gasteiger partial charge in [0.2, 0.25) is 0 Å². The van der Waals surface area contributed by atoms with Gasteiger partial charge < -0.3 is 4.74 Å². The van der Waals surface area contributed by atoms with E-state index in [2.05, 4.69) is 4.74 Å². The van der Waals surface area contributed by atoms with Crippen molar-refractivity contribution in [3.8, 4) is 0 Å². The van der Waals surface area contributed by atoms with Crippen molar-refractivity contribution in [2.45, 2.75) is 13.8 Å². The van der Waals surface area contributed by atoms with Crippen LogP contribution in [0.3, 0.4) is 0 Å². The molecule has 0 aromatic carbocycles. The lowest BCUT2D eigenvalue weighted by Gasteiger charge is -2.02. The Morgan fingerprint density at radius 3 is 2.44 bits per heavy atom. The number of ether oxygens (including phenoxy) is 1. The first-order valence-electron chi connectivity index (χ1n) is 2.71. The molecule has 0 unspecified atom stereocenters. The van der Waals surface area contributed by atoms with Crippen LogP contribution in [0.25, 0.3) is 0 Å². The largest absolute Gasteiger partial charge is 0.464 e. The Labute approximate surface area is 60.1 Å². The number of alkyl halides is 1. The van der Waals surface area contributed by atoms with Crippen molar-refractivity contribution in [1.82, 2.24) is 0 Å². The summed E-state index contributed by atoms with van der Waals surface area (Å²) in [5.74, 6) is 0.745. The van der Waals surface area contributed by atoms with E-state index in [0.717, 1.165) is 0 Å². The second kappa shape index (κ2) is 4.62. The van der Waals surface area contributed by atoms with Crippen molar-refractivity contribution in [2.75, 3.05) is 12.5 Å². The first-order chi connectivity index (χ1) is 4.18. The number of halogens is 1. The Morgan fingerprint density at radius 2 is 2.11 bits per heavy atom. The van der Waals surface area contributed by atoms with E-state index in [1.54, 1.807) is 13.8 Å². The first-order valence-corrected chi connectivity index (χ1v) is 3.25. The van der Waals surface area contributed by atoms with Gasteiger partial charge in [0.25, 0.3) is 0 Å². The van der Waals surface area contributed by atoms with Gasteiger partial charge in [0, 0.05) is 0 Å². The molecule has 0 atom stereocenters. The minimum absolute atomic E-state index is 0.268. The van der Waals surface area contributed by atoms with Crippen LogP contribution in [0.2, 0.25) is 0 Å². The number of carbonyl (C=O) groups excluding carboxylic acids is 1. The summed E-state index contributed by atoms with van der Waals surface area (Å²) in [7, 11) is 0. The van der Waals surface area contributed by atoms with Crippen LogP contribution in [0.1, 0.15) is 13.8 Å². The van der Waals surface area contributed by atoms with E-state index >= 15 is 0 Å². The SMILES string of the molecule is C[C](C)C(=O)OCCCl. The molecular weight excluding hydrogens is 140 g/mol. The molecule has 0 saturated carbocycles. The van der Waals surface area contributed by atoms with Crippen LogP contribution in [0, 0.1) is 5.92 Å². The molecule has 0 saturated heterocycles. The van der Waals surface area contributed by atoms with Crippen LogP contribution in [0.4, 0.5) is 0 Å². The van der Waals surface area contributed by atoms with Gasteiger partial charge in [-0.25, -0.2) is 0 Å². The number of hydrogen-bond acceptors (Lipinski definition) is 2. The standard InChI is InChI=1S/C6H10ClO2/c1-5(2)6(8)9-4-3-7/h3-4H2,1-2H3. The van der Waals surface area contributed by atoms with E-state index in [-0.39, 0.29) is 5.97 Å². The first kappa shape index (κ1) is 8.76. The molecule has 0 aromatic rings. The molecule has 0 amide bonds. The Morgan fingerprint density at radius 1 is 1.56 bits per heavy atom. The highest BCUT2D eigenvalue weighted by Gasteiger charge is 2.07. The van der Waals surface area contributed by atoms with Crippen molar-refractivity contribution < 1.29 is 9.53 Å². The summed E-state index contributed by atoms with van der Waals surface area (Å²) in [4.78, 5) is 10.6. The average molecular weight is 150 g/mol. The maximum absolute atomic E-state index is 10.6. The Hall–Kier alpha value is -0.240. The molecular formula is C6H10ClO2. The average Bonchev–Trinajstić information content (AvgIpc) is 1.82. The van der Waals surface area contributed by atoms with Gasteiger partial charge in [-0.3, -0.25) is 4.79 Å². The van der Waals surface area contributed by atoms with Gasteiger partial charge in [-0.1, -0.05) is 0 Å². The van der Waals surface area contributed by atoms with Crippen LogP contribution >= 0.6 is 11.6 Å². The van der Waals surface area contributed by atoms with E-state index in [1.165, 1.54) is 0 Å². The summed E-state index contributed by atoms with van der Waals surface area (Å²) >= 11 is 5.26. The Balaban J connectivity index is 3.28. The topological polar surface area (TPSA) is 26.3 Å². The molecule has 0 aliphatic carbocycles. The predicted octanol–water partition coefficient (Wildman–Crippen LogP) is 1.38. The van der Waals surface area contributed by atoms with Crippen LogP contribution in [-0.4, -0.2) is 18.5 Å². The Bertz CT molecular complexity index is 91.1. The summed E-state index contributed by atoms with van der Waals surface area (Å²) in [5, 5.41) is 0. The molecule has 0 rings (SSSR count). The van der Waals surface area contributed by atoms with Crippen molar-refractivity contribution in [3.63, 3.8) is 0 Å². The van der Waals surface area contributed by atoms with Crippen LogP contribution < -0.4 is 0 Å². The zero-order valence-electron chi connectivity index (χ0n) is 5.61. The van der Waals surface area contributed by atoms with Crippen molar-refractivity contribution in [2.24, 2.45) is 0 Å². The summed E-state index contributed by atoms with van der Waals surface area (Å²) in [6, 6.07) is 0. The van der Waals surface area contributed by atoms with Gasteiger partial charge in [0.05, 0.1) is 11.8 Å². The number of rotatable bonds is 3. The molecule has 0 N–H and O–H groups in total. The zero-order valence-corrected chi connectivity index (χ0v) is 6.36. The van der Waals surface area contributed by atoms with E-state index in [9.17, 15) is 4.79 Å². The highest BCUT2D eigenvalue weighted by Crippen LogP contribution is 1.97. The number of esters is 1. The molecule has 2 nitrogen and oxygen atoms in total. The van der Waals surface area contributed by atoms with Crippen LogP contribution in [0.15, 0.2) is 0 Å². The molecule has 3 heteroatoms. The second-order valence-corrected chi connectivity index (χ2v) is 2.20. The van der Waals surface area contributed by atoms with Crippen molar-refractivity contribution in [1.29, 1.82) is 0 Å². The predicted molar refractivity (Wildman–Crippen MR) is 36.3 cm³/mol. The fourth-order valence-corrected chi connectivity index (χ4v) is 0.353. The van der Waals surface area contributed by atoms with Crippen LogP contribution in [0.5, 0.6) is 0 Å². The lowest BCUT2D eigenvalue weighted by atomic mass is 10.2. The molecule has 0 aromatic heterocycles. The van der Waals surface area contributed by atoms with E-state index in [0.29, 0.717) is 18.4 Å². The minimum atomic E-state index is -0.268. The third-order valence-corrected chi connectivity index (χ3v) is 0.873. The number of carbonyl (C=O) groups is 1. The van der Waals surface area contributed by atoms with Gasteiger partial charge >= 0.3 is 5.97 Å². The third kappa shape index (κ3) is 4.28. The van der Waals surface area contributed by atoms with E-state index < -0.39 is 0 Å². The summed E-state index contributed by atoms with van der Waals surface area (Å²) in [5.41, 5.74) is 0. The van der Waals surface area contributed by atoms with Gasteiger partial charge in [-0.15, -0.1) is 11.6 Å². The quantitative estimate of drug-likeness (QED) is 0.448. The molecule has 0 spiro atoms. The van der Waals surface area contributed by atoms with Gasteiger partial charge in [-0.05, 0) is 13.8 Å². The molecule has 0 heterocycles. The normalized spacial score (nSPS) is 9.78. The monoisotopic (exact) mass is 149 g/mol. The molecule has 0 fully saturated rings. The molecule has 1 radical (unpaired) electrons. The lowest BCUT2D eigenvalue weighted by Crippen LogP contribution is -2.11. The van der Waals surface area contributed by atoms with Gasteiger partial charge in [0.1, 0.15) is 6.61 Å². The summed E-state index contributed by atoms with van der Waals surface area (Å²) < 4.78 is 4.64. The molecule has 53 valence electrons. The van der Waals surface area contributed by atoms with Crippen molar-refractivity contribution in [3.05, 3.63) is 5.92 Å². The van der Waals surface area contributed by atoms with Gasteiger partial charge in [-0.2, -0.15) is 0 Å². The van der Waals surface area contributed by atoms with Crippen LogP contribution in [-0.2, 0) is 9.53 Å². The molecule has 9 heavy (non-hydrogen) atoms. The van der Waals surface area contributed by atoms with Crippen molar-refractivity contribution >= 4 is 17.6 Å². The lowest BCUT2D eigenvalue weighted by molar-refractivity contribution is -0.140. The van der Waals surface area contributed by atoms with E-state index in [1.807, 2.05) is 0 Å². The van der Waals surface area contributed by atoms with E-state index in [4.69, 9.17) is 11.6 Å². The van der Waals surface area contributed by atoms with Gasteiger partial charge in [0.15, 0.2) is 0 Å². The number of hydrogen-bond donors (Lipinski definition) is 0. The summed E-state index contributed by atoms with van der Waals surface area (Å²) in [6.45, 7) is 3.71. The third-order valence-electron chi connectivity index (χ3n) is 0.719.